The average molecular weight is 376 g/mol. The van der Waals surface area contributed by atoms with Gasteiger partial charge >= 0.3 is 0 Å². The first kappa shape index (κ1) is 14.7. The smallest absolute Gasteiger partial charge is 0.255 e. The molecule has 0 radical (unpaired) electrons. The molecule has 1 aliphatic carbocycles. The fourth-order valence-corrected chi connectivity index (χ4v) is 2.73. The SMILES string of the molecule is O=c1cc(Cl)nc(C2CC2)n1Cc1c(F)ccc(Br)c1F. The quantitative estimate of drug-likeness (QED) is 0.603. The van der Waals surface area contributed by atoms with Gasteiger partial charge in [-0.1, -0.05) is 11.6 Å². The van der Waals surface area contributed by atoms with E-state index < -0.39 is 17.2 Å². The van der Waals surface area contributed by atoms with Crippen molar-refractivity contribution in [1.29, 1.82) is 0 Å². The predicted molar refractivity (Wildman–Crippen MR) is 78.6 cm³/mol. The van der Waals surface area contributed by atoms with Gasteiger partial charge in [0.15, 0.2) is 0 Å². The van der Waals surface area contributed by atoms with Crippen molar-refractivity contribution in [2.24, 2.45) is 0 Å². The van der Waals surface area contributed by atoms with Gasteiger partial charge in [0, 0.05) is 17.5 Å². The number of nitrogens with zero attached hydrogens (tertiary/aromatic N) is 2. The number of halogens is 4. The molecule has 0 bridgehead atoms. The first-order valence-electron chi connectivity index (χ1n) is 6.37. The molecule has 0 unspecified atom stereocenters. The third-order valence-corrected chi connectivity index (χ3v) is 4.21. The van der Waals surface area contributed by atoms with E-state index in [0.717, 1.165) is 25.0 Å². The number of benzene rings is 1. The topological polar surface area (TPSA) is 34.9 Å². The first-order chi connectivity index (χ1) is 9.97. The van der Waals surface area contributed by atoms with Crippen LogP contribution in [0.5, 0.6) is 0 Å². The number of rotatable bonds is 3. The van der Waals surface area contributed by atoms with Gasteiger partial charge in [0.1, 0.15) is 22.6 Å². The molecule has 110 valence electrons. The van der Waals surface area contributed by atoms with Crippen LogP contribution in [0.2, 0.25) is 5.15 Å². The molecule has 7 heteroatoms. The van der Waals surface area contributed by atoms with E-state index in [0.29, 0.717) is 5.82 Å². The third-order valence-electron chi connectivity index (χ3n) is 3.40. The second-order valence-electron chi connectivity index (χ2n) is 4.96. The van der Waals surface area contributed by atoms with Crippen molar-refractivity contribution in [1.82, 2.24) is 9.55 Å². The summed E-state index contributed by atoms with van der Waals surface area (Å²) in [5.41, 5.74) is -0.576. The Labute approximate surface area is 132 Å². The summed E-state index contributed by atoms with van der Waals surface area (Å²) in [5.74, 6) is -0.779. The molecular formula is C14H10BrClF2N2O. The molecule has 0 atom stereocenters. The maximum atomic E-state index is 14.1. The van der Waals surface area contributed by atoms with E-state index in [1.54, 1.807) is 0 Å². The number of hydrogen-bond donors (Lipinski definition) is 0. The van der Waals surface area contributed by atoms with E-state index in [9.17, 15) is 13.6 Å². The van der Waals surface area contributed by atoms with Gasteiger partial charge in [-0.05, 0) is 40.9 Å². The Balaban J connectivity index is 2.11. The zero-order chi connectivity index (χ0) is 15.1. The summed E-state index contributed by atoms with van der Waals surface area (Å²) in [5, 5.41) is 0.105. The Morgan fingerprint density at radius 1 is 1.38 bits per heavy atom. The monoisotopic (exact) mass is 374 g/mol. The summed E-state index contributed by atoms with van der Waals surface area (Å²) < 4.78 is 29.4. The van der Waals surface area contributed by atoms with E-state index in [4.69, 9.17) is 11.6 Å². The fraction of sp³-hybridized carbons (Fsp3) is 0.286. The maximum absolute atomic E-state index is 14.1. The lowest BCUT2D eigenvalue weighted by atomic mass is 10.2. The largest absolute Gasteiger partial charge is 0.292 e. The second kappa shape index (κ2) is 5.50. The standard InChI is InChI=1S/C14H10BrClF2N2O/c15-9-3-4-10(17)8(13(9)18)6-20-12(21)5-11(16)19-14(20)7-1-2-7/h3-5,7H,1-2,6H2. The molecule has 0 N–H and O–H groups in total. The van der Waals surface area contributed by atoms with Gasteiger partial charge in [0.25, 0.3) is 5.56 Å². The highest BCUT2D eigenvalue weighted by molar-refractivity contribution is 9.10. The Kier molecular flexibility index (Phi) is 3.84. The lowest BCUT2D eigenvalue weighted by molar-refractivity contribution is 0.530. The molecule has 1 aromatic carbocycles. The highest BCUT2D eigenvalue weighted by Crippen LogP contribution is 2.39. The molecule has 2 aromatic rings. The molecule has 1 heterocycles. The van der Waals surface area contributed by atoms with E-state index >= 15 is 0 Å². The molecule has 21 heavy (non-hydrogen) atoms. The van der Waals surface area contributed by atoms with Crippen LogP contribution in [0.4, 0.5) is 8.78 Å². The maximum Gasteiger partial charge on any atom is 0.255 e. The summed E-state index contributed by atoms with van der Waals surface area (Å²) in [6.45, 7) is -0.202. The lowest BCUT2D eigenvalue weighted by Crippen LogP contribution is -2.25. The summed E-state index contributed by atoms with van der Waals surface area (Å²) in [4.78, 5) is 16.2. The van der Waals surface area contributed by atoms with Crippen molar-refractivity contribution in [3.8, 4) is 0 Å². The van der Waals surface area contributed by atoms with Crippen LogP contribution in [0, 0.1) is 11.6 Å². The molecule has 1 aromatic heterocycles. The lowest BCUT2D eigenvalue weighted by Gasteiger charge is -2.13. The molecule has 3 nitrogen and oxygen atoms in total. The van der Waals surface area contributed by atoms with Gasteiger partial charge < -0.3 is 0 Å². The molecule has 0 amide bonds. The van der Waals surface area contributed by atoms with Gasteiger partial charge in [-0.2, -0.15) is 0 Å². The predicted octanol–water partition coefficient (Wildman–Crippen LogP) is 3.86. The molecule has 1 saturated carbocycles. The number of aromatic nitrogens is 2. The van der Waals surface area contributed by atoms with E-state index in [1.807, 2.05) is 0 Å². The Bertz CT molecular complexity index is 774. The minimum atomic E-state index is -0.710. The summed E-state index contributed by atoms with van der Waals surface area (Å²) >= 11 is 8.82. The minimum Gasteiger partial charge on any atom is -0.292 e. The van der Waals surface area contributed by atoms with Crippen LogP contribution in [0.1, 0.15) is 30.1 Å². The normalized spacial score (nSPS) is 14.5. The molecule has 0 spiro atoms. The van der Waals surface area contributed by atoms with Crippen LogP contribution in [0.25, 0.3) is 0 Å². The van der Waals surface area contributed by atoms with Crippen molar-refractivity contribution in [3.63, 3.8) is 0 Å². The average Bonchev–Trinajstić information content (AvgIpc) is 3.25. The van der Waals surface area contributed by atoms with E-state index in [1.165, 1.54) is 10.6 Å². The highest BCUT2D eigenvalue weighted by Gasteiger charge is 2.29. The fourth-order valence-electron chi connectivity index (χ4n) is 2.18. The molecular weight excluding hydrogens is 366 g/mol. The van der Waals surface area contributed by atoms with E-state index in [-0.39, 0.29) is 27.7 Å². The minimum absolute atomic E-state index is 0.105. The van der Waals surface area contributed by atoms with Crippen molar-refractivity contribution in [2.45, 2.75) is 25.3 Å². The molecule has 1 aliphatic rings. The Morgan fingerprint density at radius 3 is 2.76 bits per heavy atom. The Hall–Kier alpha value is -1.27. The van der Waals surface area contributed by atoms with Gasteiger partial charge in [-0.15, -0.1) is 0 Å². The molecule has 0 aliphatic heterocycles. The Morgan fingerprint density at radius 2 is 2.10 bits per heavy atom. The molecule has 0 saturated heterocycles. The summed E-state index contributed by atoms with van der Waals surface area (Å²) in [6, 6.07) is 3.60. The van der Waals surface area contributed by atoms with Gasteiger partial charge in [0.05, 0.1) is 11.0 Å². The molecule has 3 rings (SSSR count). The van der Waals surface area contributed by atoms with Gasteiger partial charge in [-0.3, -0.25) is 9.36 Å². The summed E-state index contributed by atoms with van der Waals surface area (Å²) in [7, 11) is 0. The van der Waals surface area contributed by atoms with Crippen molar-refractivity contribution < 1.29 is 8.78 Å². The summed E-state index contributed by atoms with van der Waals surface area (Å²) in [6.07, 6.45) is 1.80. The first-order valence-corrected chi connectivity index (χ1v) is 7.54. The zero-order valence-corrected chi connectivity index (χ0v) is 13.1. The van der Waals surface area contributed by atoms with Crippen LogP contribution in [0.15, 0.2) is 27.5 Å². The van der Waals surface area contributed by atoms with Crippen molar-refractivity contribution in [3.05, 3.63) is 61.2 Å². The van der Waals surface area contributed by atoms with Crippen molar-refractivity contribution >= 4 is 27.5 Å². The molecule has 1 fully saturated rings. The second-order valence-corrected chi connectivity index (χ2v) is 6.20. The van der Waals surface area contributed by atoms with Crippen LogP contribution < -0.4 is 5.56 Å². The van der Waals surface area contributed by atoms with E-state index in [2.05, 4.69) is 20.9 Å². The zero-order valence-electron chi connectivity index (χ0n) is 10.7. The van der Waals surface area contributed by atoms with Crippen LogP contribution >= 0.6 is 27.5 Å². The number of hydrogen-bond acceptors (Lipinski definition) is 2. The van der Waals surface area contributed by atoms with Crippen LogP contribution in [0.3, 0.4) is 0 Å². The van der Waals surface area contributed by atoms with Crippen LogP contribution in [-0.2, 0) is 6.54 Å². The van der Waals surface area contributed by atoms with Crippen molar-refractivity contribution in [2.75, 3.05) is 0 Å². The van der Waals surface area contributed by atoms with Gasteiger partial charge in [0.2, 0.25) is 0 Å². The highest BCUT2D eigenvalue weighted by atomic mass is 79.9. The van der Waals surface area contributed by atoms with Gasteiger partial charge in [-0.25, -0.2) is 13.8 Å². The van der Waals surface area contributed by atoms with Crippen LogP contribution in [-0.4, -0.2) is 9.55 Å². The third kappa shape index (κ3) is 2.87.